The van der Waals surface area contributed by atoms with Crippen molar-refractivity contribution in [1.29, 1.82) is 0 Å². The standard InChI is InChI=1S/C19H28N3O5P.2Na/c23-18-16(10-4-12-21-13-5-11-17(19(24)25)22(18)21)20-28(26,27)14-6-9-15-7-2-1-3-8-15;;/h1-3,7-8,16-17H,4-6,9-14H2,(H,24,25)(H2,20,26,27);;/q;2*+1/p-2/t16-,17-;;/m0../s1. The zero-order valence-corrected chi connectivity index (χ0v) is 22.7. The monoisotopic (exact) mass is 453 g/mol. The van der Waals surface area contributed by atoms with Crippen molar-refractivity contribution in [1.82, 2.24) is 15.1 Å². The predicted molar refractivity (Wildman–Crippen MR) is 99.8 cm³/mol. The van der Waals surface area contributed by atoms with Crippen LogP contribution in [0.3, 0.4) is 0 Å². The molecule has 0 saturated carbocycles. The molecule has 8 nitrogen and oxygen atoms in total. The molecule has 2 saturated heterocycles. The third kappa shape index (κ3) is 7.69. The number of hydrogen-bond donors (Lipinski definition) is 1. The third-order valence-corrected chi connectivity index (χ3v) is 6.92. The molecule has 2 aliphatic rings. The number of nitrogens with zero attached hydrogens (tertiary/aromatic N) is 2. The fraction of sp³-hybridized carbons (Fsp3) is 0.579. The zero-order chi connectivity index (χ0) is 20.1. The Bertz CT molecular complexity index is 755. The van der Waals surface area contributed by atoms with E-state index in [-0.39, 0.29) is 65.3 Å². The molecule has 1 aromatic carbocycles. The Morgan fingerprint density at radius 2 is 1.77 bits per heavy atom. The van der Waals surface area contributed by atoms with Crippen molar-refractivity contribution in [2.24, 2.45) is 0 Å². The maximum absolute atomic E-state index is 12.9. The zero-order valence-electron chi connectivity index (χ0n) is 17.8. The molecule has 1 unspecified atom stereocenters. The minimum Gasteiger partial charge on any atom is -0.788 e. The van der Waals surface area contributed by atoms with Crippen LogP contribution in [0.4, 0.5) is 0 Å². The molecule has 0 aromatic heterocycles. The summed E-state index contributed by atoms with van der Waals surface area (Å²) in [6, 6.07) is 7.66. The Morgan fingerprint density at radius 1 is 1.13 bits per heavy atom. The number of aliphatic carboxylic acids is 1. The third-order valence-electron chi connectivity index (χ3n) is 5.31. The summed E-state index contributed by atoms with van der Waals surface area (Å²) in [5.41, 5.74) is 1.06. The van der Waals surface area contributed by atoms with E-state index in [1.54, 1.807) is 5.01 Å². The first-order valence-electron chi connectivity index (χ1n) is 9.78. The number of nitrogens with one attached hydrogen (secondary N) is 1. The van der Waals surface area contributed by atoms with E-state index in [4.69, 9.17) is 0 Å². The van der Waals surface area contributed by atoms with E-state index in [1.807, 2.05) is 30.3 Å². The number of carboxylic acids is 1. The number of aryl methyl sites for hydroxylation is 1. The van der Waals surface area contributed by atoms with Crippen LogP contribution < -0.4 is 74.2 Å². The molecule has 2 aliphatic heterocycles. The van der Waals surface area contributed by atoms with Crippen LogP contribution in [-0.2, 0) is 20.6 Å². The van der Waals surface area contributed by atoms with Crippen LogP contribution in [0, 0.1) is 0 Å². The summed E-state index contributed by atoms with van der Waals surface area (Å²) in [6.45, 7) is 1.12. The van der Waals surface area contributed by atoms with Crippen LogP contribution >= 0.6 is 7.52 Å². The van der Waals surface area contributed by atoms with Gasteiger partial charge >= 0.3 is 59.1 Å². The van der Waals surface area contributed by atoms with Gasteiger partial charge in [0, 0.05) is 19.3 Å². The van der Waals surface area contributed by atoms with Crippen LogP contribution in [0.2, 0.25) is 0 Å². The summed E-state index contributed by atoms with van der Waals surface area (Å²) < 4.78 is 12.5. The van der Waals surface area contributed by atoms with Gasteiger partial charge in [0.1, 0.15) is 0 Å². The second kappa shape index (κ2) is 13.1. The van der Waals surface area contributed by atoms with Crippen molar-refractivity contribution in [2.45, 2.75) is 50.6 Å². The maximum atomic E-state index is 12.9. The van der Waals surface area contributed by atoms with Crippen LogP contribution in [0.15, 0.2) is 30.3 Å². The van der Waals surface area contributed by atoms with E-state index >= 15 is 0 Å². The second-order valence-electron chi connectivity index (χ2n) is 7.42. The first-order chi connectivity index (χ1) is 13.4. The molecule has 11 heteroatoms. The number of carbonyl (C=O) groups is 2. The van der Waals surface area contributed by atoms with Gasteiger partial charge in [-0.3, -0.25) is 14.9 Å². The molecule has 0 aliphatic carbocycles. The topological polar surface area (TPSA) is 116 Å². The van der Waals surface area contributed by atoms with Gasteiger partial charge in [-0.25, -0.2) is 5.01 Å². The minimum absolute atomic E-state index is 0. The molecule has 0 radical (unpaired) electrons. The number of hydrogen-bond acceptors (Lipinski definition) is 6. The number of fused-ring (bicyclic) bond motifs is 1. The Labute approximate surface area is 221 Å². The number of benzene rings is 1. The van der Waals surface area contributed by atoms with Gasteiger partial charge in [0.25, 0.3) is 5.91 Å². The smallest absolute Gasteiger partial charge is 0.788 e. The van der Waals surface area contributed by atoms with Gasteiger partial charge < -0.3 is 19.4 Å². The largest absolute Gasteiger partial charge is 1.00 e. The van der Waals surface area contributed by atoms with Crippen LogP contribution in [0.1, 0.15) is 37.7 Å². The van der Waals surface area contributed by atoms with Gasteiger partial charge in [0.2, 0.25) is 0 Å². The molecule has 2 fully saturated rings. The Morgan fingerprint density at radius 3 is 2.40 bits per heavy atom. The van der Waals surface area contributed by atoms with Crippen LogP contribution in [-0.4, -0.2) is 53.2 Å². The van der Waals surface area contributed by atoms with E-state index < -0.39 is 31.5 Å². The van der Waals surface area contributed by atoms with Crippen molar-refractivity contribution in [3.8, 4) is 0 Å². The van der Waals surface area contributed by atoms with Crippen LogP contribution in [0.25, 0.3) is 0 Å². The molecule has 3 atom stereocenters. The number of rotatable bonds is 7. The summed E-state index contributed by atoms with van der Waals surface area (Å²) in [6.07, 6.45) is 3.00. The van der Waals surface area contributed by atoms with E-state index in [1.165, 1.54) is 5.01 Å². The van der Waals surface area contributed by atoms with Gasteiger partial charge in [0.15, 0.2) is 0 Å². The first kappa shape index (κ1) is 28.3. The minimum atomic E-state index is -3.97. The maximum Gasteiger partial charge on any atom is 1.00 e. The molecule has 0 bridgehead atoms. The van der Waals surface area contributed by atoms with E-state index in [0.29, 0.717) is 51.6 Å². The number of hydrazine groups is 1. The summed E-state index contributed by atoms with van der Waals surface area (Å²) in [4.78, 5) is 36.9. The van der Waals surface area contributed by atoms with Gasteiger partial charge in [-0.2, -0.15) is 0 Å². The molecular formula is C19H26N3Na2O5P. The molecule has 1 amide bonds. The molecule has 154 valence electrons. The first-order valence-corrected chi connectivity index (χ1v) is 11.6. The summed E-state index contributed by atoms with van der Waals surface area (Å²) in [5, 5.41) is 16.9. The molecule has 1 aromatic rings. The number of carboxylic acid groups (broad SMARTS) is 1. The molecule has 30 heavy (non-hydrogen) atoms. The quantitative estimate of drug-likeness (QED) is 0.323. The average Bonchev–Trinajstić information content (AvgIpc) is 2.81. The Balaban J connectivity index is 0.00000225. The van der Waals surface area contributed by atoms with Crippen molar-refractivity contribution >= 4 is 19.4 Å². The van der Waals surface area contributed by atoms with E-state index in [9.17, 15) is 24.2 Å². The normalized spacial score (nSPS) is 23.9. The fourth-order valence-corrected chi connectivity index (χ4v) is 5.36. The Kier molecular flexibility index (Phi) is 12.4. The van der Waals surface area contributed by atoms with Crippen molar-refractivity contribution in [3.63, 3.8) is 0 Å². The second-order valence-corrected chi connectivity index (χ2v) is 9.48. The number of amides is 1. The van der Waals surface area contributed by atoms with Crippen molar-refractivity contribution in [2.75, 3.05) is 19.3 Å². The van der Waals surface area contributed by atoms with Gasteiger partial charge in [0.05, 0.1) is 25.6 Å². The van der Waals surface area contributed by atoms with Gasteiger partial charge in [-0.15, -0.1) is 0 Å². The van der Waals surface area contributed by atoms with Gasteiger partial charge in [-0.05, 0) is 44.1 Å². The summed E-state index contributed by atoms with van der Waals surface area (Å²) in [5.74, 6) is -1.79. The summed E-state index contributed by atoms with van der Waals surface area (Å²) >= 11 is 0. The predicted octanol–water partition coefficient (Wildman–Crippen LogP) is -6.11. The molecular weight excluding hydrogens is 427 g/mol. The fourth-order valence-electron chi connectivity index (χ4n) is 3.94. The molecule has 3 rings (SSSR count). The SMILES string of the molecule is O=C([O-])[C@@H]1CCCN2CCC[C@H](NP(=O)([O-])CCCc3ccccc3)C(=O)N12.[Na+].[Na+]. The van der Waals surface area contributed by atoms with Crippen molar-refractivity contribution < 1.29 is 83.3 Å². The van der Waals surface area contributed by atoms with E-state index in [2.05, 4.69) is 5.09 Å². The van der Waals surface area contributed by atoms with Crippen LogP contribution in [0.5, 0.6) is 0 Å². The van der Waals surface area contributed by atoms with Crippen molar-refractivity contribution in [3.05, 3.63) is 35.9 Å². The van der Waals surface area contributed by atoms with Gasteiger partial charge in [-0.1, -0.05) is 30.3 Å². The summed E-state index contributed by atoms with van der Waals surface area (Å²) in [7, 11) is -3.97. The molecule has 2 heterocycles. The molecule has 0 spiro atoms. The average molecular weight is 453 g/mol. The van der Waals surface area contributed by atoms with E-state index in [0.717, 1.165) is 5.56 Å². The Hall–Kier alpha value is 0.270. The molecule has 1 N–H and O–H groups in total. The number of carbonyl (C=O) groups excluding carboxylic acids is 2.